The minimum absolute atomic E-state index is 0.139. The molecule has 9 nitrogen and oxygen atoms in total. The van der Waals surface area contributed by atoms with Gasteiger partial charge in [0, 0.05) is 19.4 Å². The van der Waals surface area contributed by atoms with E-state index in [0.29, 0.717) is 11.1 Å². The number of benzene rings is 4. The van der Waals surface area contributed by atoms with E-state index in [4.69, 9.17) is 0 Å². The van der Waals surface area contributed by atoms with E-state index in [1.165, 1.54) is 24.3 Å². The average molecular weight is 712 g/mol. The lowest BCUT2D eigenvalue weighted by Gasteiger charge is -2.30. The summed E-state index contributed by atoms with van der Waals surface area (Å²) in [7, 11) is 3.54. The second-order valence-corrected chi connectivity index (χ2v) is 13.8. The molecule has 5 rings (SSSR count). The van der Waals surface area contributed by atoms with Crippen LogP contribution in [0.4, 0.5) is 8.78 Å². The number of carbonyl (C=O) groups is 4. The van der Waals surface area contributed by atoms with Crippen molar-refractivity contribution in [2.24, 2.45) is 5.92 Å². The third kappa shape index (κ3) is 10.2. The summed E-state index contributed by atoms with van der Waals surface area (Å²) in [6, 6.07) is 21.4. The van der Waals surface area contributed by atoms with Crippen molar-refractivity contribution in [1.29, 1.82) is 0 Å². The summed E-state index contributed by atoms with van der Waals surface area (Å²) in [6.45, 7) is 1.85. The van der Waals surface area contributed by atoms with Gasteiger partial charge in [-0.3, -0.25) is 19.2 Å². The van der Waals surface area contributed by atoms with Crippen molar-refractivity contribution in [2.75, 3.05) is 20.6 Å². The van der Waals surface area contributed by atoms with Crippen LogP contribution in [-0.4, -0.2) is 67.3 Å². The maximum Gasteiger partial charge on any atom is 0.244 e. The van der Waals surface area contributed by atoms with Gasteiger partial charge in [-0.05, 0) is 84.6 Å². The van der Waals surface area contributed by atoms with Gasteiger partial charge in [0.2, 0.25) is 23.6 Å². The predicted octanol–water partition coefficient (Wildman–Crippen LogP) is 5.18. The van der Waals surface area contributed by atoms with Crippen LogP contribution >= 0.6 is 0 Å². The second-order valence-electron chi connectivity index (χ2n) is 13.8. The Kier molecular flexibility index (Phi) is 13.1. The highest BCUT2D eigenvalue weighted by atomic mass is 19.1. The molecule has 1 saturated carbocycles. The van der Waals surface area contributed by atoms with Crippen molar-refractivity contribution in [3.05, 3.63) is 119 Å². The first-order valence-electron chi connectivity index (χ1n) is 17.8. The van der Waals surface area contributed by atoms with Crippen molar-refractivity contribution in [2.45, 2.75) is 69.6 Å². The molecule has 4 aromatic rings. The molecule has 1 fully saturated rings. The lowest BCUT2D eigenvalue weighted by Crippen LogP contribution is -2.60. The molecule has 52 heavy (non-hydrogen) atoms. The zero-order valence-electron chi connectivity index (χ0n) is 29.8. The molecule has 4 N–H and O–H groups in total. The SMILES string of the molecule is CCC(=O)N[C@@H](Cc1ccc2ccccc2c1)C(=O)N[C@H](C(=O)N[C@@H](CN(C)C)C(=O)NC(c1ccc(F)cc1)c1ccc(F)cc1)C1CCCC1. The quantitative estimate of drug-likeness (QED) is 0.136. The minimum Gasteiger partial charge on any atom is -0.344 e. The molecule has 0 unspecified atom stereocenters. The first-order chi connectivity index (χ1) is 25.0. The number of nitrogens with zero attached hydrogens (tertiary/aromatic N) is 1. The van der Waals surface area contributed by atoms with Crippen LogP contribution in [0.3, 0.4) is 0 Å². The van der Waals surface area contributed by atoms with Crippen molar-refractivity contribution in [3.8, 4) is 0 Å². The summed E-state index contributed by atoms with van der Waals surface area (Å²) in [5.74, 6) is -2.85. The molecule has 274 valence electrons. The molecule has 0 bridgehead atoms. The number of amides is 4. The van der Waals surface area contributed by atoms with Crippen molar-refractivity contribution >= 4 is 34.4 Å². The molecule has 0 radical (unpaired) electrons. The fourth-order valence-corrected chi connectivity index (χ4v) is 6.78. The van der Waals surface area contributed by atoms with E-state index in [1.807, 2.05) is 42.5 Å². The predicted molar refractivity (Wildman–Crippen MR) is 197 cm³/mol. The van der Waals surface area contributed by atoms with Crippen molar-refractivity contribution in [3.63, 3.8) is 0 Å². The van der Waals surface area contributed by atoms with Crippen LogP contribution in [0.25, 0.3) is 10.8 Å². The molecule has 0 spiro atoms. The summed E-state index contributed by atoms with van der Waals surface area (Å²) in [6.07, 6.45) is 3.65. The van der Waals surface area contributed by atoms with Crippen LogP contribution in [-0.2, 0) is 25.6 Å². The molecule has 4 amide bonds. The Morgan fingerprint density at radius 3 is 1.85 bits per heavy atom. The van der Waals surface area contributed by atoms with Crippen LogP contribution in [0.2, 0.25) is 0 Å². The number of hydrogen-bond donors (Lipinski definition) is 4. The summed E-state index contributed by atoms with van der Waals surface area (Å²) in [5.41, 5.74) is 2.00. The molecule has 0 aromatic heterocycles. The van der Waals surface area contributed by atoms with E-state index in [9.17, 15) is 28.0 Å². The standard InChI is InChI=1S/C41H47F2N5O4/c1-4-36(49)44-34(24-26-13-14-27-9-5-8-12-31(27)23-26)39(50)47-38(28-10-6-7-11-28)41(52)45-35(25-48(2)3)40(51)46-37(29-15-19-32(42)20-16-29)30-17-21-33(43)22-18-30/h5,8-9,12-23,28,34-35,37-38H,4,6-7,10-11,24-25H2,1-3H3,(H,44,49)(H,45,52)(H,46,51)(H,47,50)/t34-,35-,38-/m0/s1. The molecule has 1 aliphatic carbocycles. The Hall–Kier alpha value is -5.16. The van der Waals surface area contributed by atoms with E-state index in [0.717, 1.165) is 42.0 Å². The smallest absolute Gasteiger partial charge is 0.244 e. The summed E-state index contributed by atoms with van der Waals surface area (Å²) in [4.78, 5) is 56.5. The monoisotopic (exact) mass is 711 g/mol. The fourth-order valence-electron chi connectivity index (χ4n) is 6.78. The van der Waals surface area contributed by atoms with E-state index >= 15 is 0 Å². The highest BCUT2D eigenvalue weighted by molar-refractivity contribution is 5.95. The number of carbonyl (C=O) groups excluding carboxylic acids is 4. The molecule has 11 heteroatoms. The zero-order chi connectivity index (χ0) is 37.2. The van der Waals surface area contributed by atoms with Gasteiger partial charge >= 0.3 is 0 Å². The Morgan fingerprint density at radius 2 is 1.27 bits per heavy atom. The topological polar surface area (TPSA) is 120 Å². The van der Waals surface area contributed by atoms with E-state index in [-0.39, 0.29) is 31.2 Å². The number of rotatable bonds is 15. The molecule has 4 aromatic carbocycles. The van der Waals surface area contributed by atoms with Crippen LogP contribution in [0.5, 0.6) is 0 Å². The molecule has 0 aliphatic heterocycles. The third-order valence-corrected chi connectivity index (χ3v) is 9.55. The number of hydrogen-bond acceptors (Lipinski definition) is 5. The number of halogens is 2. The highest BCUT2D eigenvalue weighted by Gasteiger charge is 2.36. The Labute approximate surface area is 303 Å². The Bertz CT molecular complexity index is 1800. The lowest BCUT2D eigenvalue weighted by atomic mass is 9.95. The van der Waals surface area contributed by atoms with Gasteiger partial charge < -0.3 is 26.2 Å². The zero-order valence-corrected chi connectivity index (χ0v) is 29.8. The lowest BCUT2D eigenvalue weighted by molar-refractivity contribution is -0.135. The largest absolute Gasteiger partial charge is 0.344 e. The van der Waals surface area contributed by atoms with Crippen LogP contribution in [0, 0.1) is 17.6 Å². The summed E-state index contributed by atoms with van der Waals surface area (Å²) >= 11 is 0. The minimum atomic E-state index is -1.04. The van der Waals surface area contributed by atoms with Gasteiger partial charge in [-0.25, -0.2) is 8.78 Å². The summed E-state index contributed by atoms with van der Waals surface area (Å²) in [5, 5.41) is 13.8. The summed E-state index contributed by atoms with van der Waals surface area (Å²) < 4.78 is 27.7. The average Bonchev–Trinajstić information content (AvgIpc) is 3.67. The van der Waals surface area contributed by atoms with Gasteiger partial charge in [-0.15, -0.1) is 0 Å². The molecule has 1 aliphatic rings. The van der Waals surface area contributed by atoms with Gasteiger partial charge in [0.15, 0.2) is 0 Å². The molecular weight excluding hydrogens is 664 g/mol. The highest BCUT2D eigenvalue weighted by Crippen LogP contribution is 2.29. The maximum atomic E-state index is 14.2. The van der Waals surface area contributed by atoms with Gasteiger partial charge in [-0.1, -0.05) is 86.5 Å². The van der Waals surface area contributed by atoms with Crippen LogP contribution in [0.1, 0.15) is 61.8 Å². The number of likely N-dealkylation sites (N-methyl/N-ethyl adjacent to an activating group) is 1. The van der Waals surface area contributed by atoms with Gasteiger partial charge in [0.05, 0.1) is 6.04 Å². The van der Waals surface area contributed by atoms with Gasteiger partial charge in [-0.2, -0.15) is 0 Å². The normalized spacial score (nSPS) is 14.9. The second kappa shape index (κ2) is 17.9. The molecular formula is C41H47F2N5O4. The molecule has 0 heterocycles. The number of fused-ring (bicyclic) bond motifs is 1. The Morgan fingerprint density at radius 1 is 0.692 bits per heavy atom. The van der Waals surface area contributed by atoms with Gasteiger partial charge in [0.25, 0.3) is 0 Å². The number of nitrogens with one attached hydrogen (secondary N) is 4. The first kappa shape index (κ1) is 38.1. The first-order valence-corrected chi connectivity index (χ1v) is 17.8. The van der Waals surface area contributed by atoms with Crippen molar-refractivity contribution in [1.82, 2.24) is 26.2 Å². The van der Waals surface area contributed by atoms with Crippen molar-refractivity contribution < 1.29 is 28.0 Å². The third-order valence-electron chi connectivity index (χ3n) is 9.55. The van der Waals surface area contributed by atoms with E-state index < -0.39 is 53.5 Å². The molecule has 0 saturated heterocycles. The molecule has 3 atom stereocenters. The van der Waals surface area contributed by atoms with E-state index in [1.54, 1.807) is 50.2 Å². The van der Waals surface area contributed by atoms with E-state index in [2.05, 4.69) is 21.3 Å². The van der Waals surface area contributed by atoms with Gasteiger partial charge in [0.1, 0.15) is 29.8 Å². The van der Waals surface area contributed by atoms with Crippen LogP contribution < -0.4 is 21.3 Å². The Balaban J connectivity index is 1.37. The van der Waals surface area contributed by atoms with Crippen LogP contribution in [0.15, 0.2) is 91.0 Å². The maximum absolute atomic E-state index is 14.2. The fraction of sp³-hybridized carbons (Fsp3) is 0.366.